The molecule has 0 aliphatic heterocycles. The highest BCUT2D eigenvalue weighted by molar-refractivity contribution is 5.97. The van der Waals surface area contributed by atoms with Crippen molar-refractivity contribution < 1.29 is 14.3 Å². The molecule has 3 aromatic rings. The minimum Gasteiger partial charge on any atom is -0.497 e. The third kappa shape index (κ3) is 4.71. The number of methoxy groups -OCH3 is 1. The number of carbonyl (C=O) groups excluding carboxylic acids is 2. The molecule has 0 saturated heterocycles. The lowest BCUT2D eigenvalue weighted by atomic mass is 9.97. The van der Waals surface area contributed by atoms with E-state index in [-0.39, 0.29) is 17.9 Å². The Labute approximate surface area is 175 Å². The fourth-order valence-corrected chi connectivity index (χ4v) is 3.26. The van der Waals surface area contributed by atoms with Gasteiger partial charge in [-0.3, -0.25) is 4.79 Å². The molecule has 0 spiro atoms. The number of urea groups is 1. The van der Waals surface area contributed by atoms with Gasteiger partial charge in [-0.15, -0.1) is 0 Å². The molecule has 3 amide bonds. The van der Waals surface area contributed by atoms with Crippen molar-refractivity contribution in [2.75, 3.05) is 17.7 Å². The zero-order valence-corrected chi connectivity index (χ0v) is 17.1. The van der Waals surface area contributed by atoms with Crippen LogP contribution < -0.4 is 20.7 Å². The summed E-state index contributed by atoms with van der Waals surface area (Å²) in [4.78, 5) is 24.5. The first kappa shape index (κ1) is 19.8. The number of benzene rings is 3. The smallest absolute Gasteiger partial charge is 0.319 e. The quantitative estimate of drug-likeness (QED) is 0.549. The maximum absolute atomic E-state index is 12.7. The molecular formula is C24H25N3O3. The van der Waals surface area contributed by atoms with E-state index in [0.717, 1.165) is 34.9 Å². The van der Waals surface area contributed by atoms with E-state index in [1.54, 1.807) is 31.4 Å². The number of fused-ring (bicyclic) bond motifs is 1. The molecule has 30 heavy (non-hydrogen) atoms. The van der Waals surface area contributed by atoms with Crippen LogP contribution in [0.25, 0.3) is 10.8 Å². The van der Waals surface area contributed by atoms with E-state index < -0.39 is 0 Å². The number of hydrogen-bond acceptors (Lipinski definition) is 3. The largest absolute Gasteiger partial charge is 0.497 e. The van der Waals surface area contributed by atoms with Crippen molar-refractivity contribution in [3.8, 4) is 5.75 Å². The predicted molar refractivity (Wildman–Crippen MR) is 119 cm³/mol. The Hall–Kier alpha value is -3.54. The van der Waals surface area contributed by atoms with Gasteiger partial charge in [0.25, 0.3) is 0 Å². The van der Waals surface area contributed by atoms with E-state index >= 15 is 0 Å². The first-order valence-corrected chi connectivity index (χ1v) is 10.1. The molecule has 0 heterocycles. The summed E-state index contributed by atoms with van der Waals surface area (Å²) in [6.45, 7) is 1.89. The Morgan fingerprint density at radius 2 is 1.53 bits per heavy atom. The van der Waals surface area contributed by atoms with Gasteiger partial charge in [-0.2, -0.15) is 0 Å². The number of hydrogen-bond donors (Lipinski definition) is 3. The van der Waals surface area contributed by atoms with Gasteiger partial charge in [0, 0.05) is 17.4 Å². The number of rotatable bonds is 6. The maximum Gasteiger partial charge on any atom is 0.319 e. The van der Waals surface area contributed by atoms with Crippen LogP contribution in [0.15, 0.2) is 60.7 Å². The lowest BCUT2D eigenvalue weighted by Crippen LogP contribution is -2.30. The molecule has 1 atom stereocenters. The summed E-state index contributed by atoms with van der Waals surface area (Å²) in [5.41, 5.74) is 2.31. The molecular weight excluding hydrogens is 378 g/mol. The molecule has 1 fully saturated rings. The molecule has 0 radical (unpaired) electrons. The molecule has 0 unspecified atom stereocenters. The minimum atomic E-state index is -0.307. The molecule has 3 N–H and O–H groups in total. The number of nitrogens with one attached hydrogen (secondary N) is 3. The third-order valence-corrected chi connectivity index (χ3v) is 5.29. The predicted octanol–water partition coefficient (Wildman–Crippen LogP) is 4.87. The van der Waals surface area contributed by atoms with Crippen molar-refractivity contribution in [2.45, 2.75) is 31.7 Å². The molecule has 6 heteroatoms. The highest BCUT2D eigenvalue weighted by Crippen LogP contribution is 2.26. The minimum absolute atomic E-state index is 0.0879. The maximum atomic E-state index is 12.7. The van der Waals surface area contributed by atoms with Gasteiger partial charge < -0.3 is 20.7 Å². The normalized spacial score (nSPS) is 14.1. The van der Waals surface area contributed by atoms with Crippen LogP contribution in [-0.4, -0.2) is 25.1 Å². The second-order valence-electron chi connectivity index (χ2n) is 7.63. The summed E-state index contributed by atoms with van der Waals surface area (Å²) in [5.74, 6) is 0.415. The fourth-order valence-electron chi connectivity index (χ4n) is 3.26. The molecule has 3 aromatic carbocycles. The van der Waals surface area contributed by atoms with E-state index in [1.165, 1.54) is 0 Å². The number of anilines is 2. The Morgan fingerprint density at radius 3 is 2.20 bits per heavy atom. The van der Waals surface area contributed by atoms with Crippen molar-refractivity contribution in [3.63, 3.8) is 0 Å². The molecule has 0 aromatic heterocycles. The van der Waals surface area contributed by atoms with E-state index in [2.05, 4.69) is 16.0 Å². The van der Waals surface area contributed by atoms with Gasteiger partial charge in [0.15, 0.2) is 0 Å². The lowest BCUT2D eigenvalue weighted by molar-refractivity contribution is -0.117. The van der Waals surface area contributed by atoms with Gasteiger partial charge in [-0.25, -0.2) is 4.79 Å². The Bertz CT molecular complexity index is 1070. The Kier molecular flexibility index (Phi) is 5.57. The van der Waals surface area contributed by atoms with Gasteiger partial charge in [0.1, 0.15) is 5.75 Å². The first-order valence-electron chi connectivity index (χ1n) is 10.1. The van der Waals surface area contributed by atoms with Crippen LogP contribution in [0.2, 0.25) is 0 Å². The zero-order chi connectivity index (χ0) is 21.1. The van der Waals surface area contributed by atoms with E-state index in [9.17, 15) is 9.59 Å². The Balaban J connectivity index is 1.39. The summed E-state index contributed by atoms with van der Waals surface area (Å²) in [6, 6.07) is 19.1. The SMILES string of the molecule is COc1ccc2cc([C@H](C)C(=O)Nc3ccc(NC(=O)NC4CC4)cc3)ccc2c1. The van der Waals surface area contributed by atoms with Gasteiger partial charge in [-0.1, -0.05) is 24.3 Å². The fraction of sp³-hybridized carbons (Fsp3) is 0.250. The third-order valence-electron chi connectivity index (χ3n) is 5.29. The van der Waals surface area contributed by atoms with Crippen LogP contribution in [0.3, 0.4) is 0 Å². The summed E-state index contributed by atoms with van der Waals surface area (Å²) in [6.07, 6.45) is 2.09. The second-order valence-corrected chi connectivity index (χ2v) is 7.63. The van der Waals surface area contributed by atoms with Crippen LogP contribution in [-0.2, 0) is 4.79 Å². The molecule has 154 valence electrons. The van der Waals surface area contributed by atoms with Crippen molar-refractivity contribution >= 4 is 34.1 Å². The van der Waals surface area contributed by atoms with Crippen LogP contribution in [0, 0.1) is 0 Å². The van der Waals surface area contributed by atoms with Crippen molar-refractivity contribution in [1.29, 1.82) is 0 Å². The summed E-state index contributed by atoms with van der Waals surface area (Å²) >= 11 is 0. The van der Waals surface area contributed by atoms with Crippen LogP contribution in [0.4, 0.5) is 16.2 Å². The molecule has 1 aliphatic carbocycles. The topological polar surface area (TPSA) is 79.5 Å². The average molecular weight is 403 g/mol. The van der Waals surface area contributed by atoms with Crippen molar-refractivity contribution in [2.24, 2.45) is 0 Å². The van der Waals surface area contributed by atoms with E-state index in [1.807, 2.05) is 43.3 Å². The lowest BCUT2D eigenvalue weighted by Gasteiger charge is -2.14. The summed E-state index contributed by atoms with van der Waals surface area (Å²) < 4.78 is 5.26. The van der Waals surface area contributed by atoms with E-state index in [0.29, 0.717) is 17.4 Å². The molecule has 1 aliphatic rings. The van der Waals surface area contributed by atoms with Crippen LogP contribution >= 0.6 is 0 Å². The molecule has 1 saturated carbocycles. The average Bonchev–Trinajstić information content (AvgIpc) is 3.57. The molecule has 6 nitrogen and oxygen atoms in total. The number of amides is 3. The van der Waals surface area contributed by atoms with Crippen molar-refractivity contribution in [1.82, 2.24) is 5.32 Å². The van der Waals surface area contributed by atoms with Gasteiger partial charge in [-0.05, 0) is 72.5 Å². The van der Waals surface area contributed by atoms with Crippen LogP contribution in [0.1, 0.15) is 31.2 Å². The van der Waals surface area contributed by atoms with Gasteiger partial charge in [0.05, 0.1) is 13.0 Å². The van der Waals surface area contributed by atoms with Gasteiger partial charge in [0.2, 0.25) is 5.91 Å². The van der Waals surface area contributed by atoms with Crippen molar-refractivity contribution in [3.05, 3.63) is 66.2 Å². The highest BCUT2D eigenvalue weighted by Gasteiger charge is 2.23. The second kappa shape index (κ2) is 8.45. The van der Waals surface area contributed by atoms with Crippen LogP contribution in [0.5, 0.6) is 5.75 Å². The highest BCUT2D eigenvalue weighted by atomic mass is 16.5. The standard InChI is InChI=1S/C24H25N3O3/c1-15(16-3-4-18-14-22(30-2)12-5-17(18)13-16)23(28)25-19-6-8-20(9-7-19)26-24(29)27-21-10-11-21/h3-9,12-15,21H,10-11H2,1-2H3,(H,25,28)(H2,26,27,29)/t15-/m0/s1. The Morgan fingerprint density at radius 1 is 0.900 bits per heavy atom. The van der Waals surface area contributed by atoms with E-state index in [4.69, 9.17) is 4.74 Å². The first-order chi connectivity index (χ1) is 14.5. The summed E-state index contributed by atoms with van der Waals surface area (Å²) in [5, 5.41) is 10.7. The monoisotopic (exact) mass is 403 g/mol. The van der Waals surface area contributed by atoms with Gasteiger partial charge >= 0.3 is 6.03 Å². The number of ether oxygens (including phenoxy) is 1. The number of carbonyl (C=O) groups is 2. The molecule has 0 bridgehead atoms. The summed E-state index contributed by atoms with van der Waals surface area (Å²) in [7, 11) is 1.65. The molecule has 4 rings (SSSR count). The zero-order valence-electron chi connectivity index (χ0n) is 17.1.